The van der Waals surface area contributed by atoms with Gasteiger partial charge in [-0.05, 0) is 56.9 Å². The Labute approximate surface area is 166 Å². The number of hydrogen-bond donors (Lipinski definition) is 0. The zero-order valence-corrected chi connectivity index (χ0v) is 16.9. The van der Waals surface area contributed by atoms with E-state index < -0.39 is 11.6 Å². The Kier molecular flexibility index (Phi) is 6.02. The SMILES string of the molecule is CCN(C(=O)C1(C)CCCN1C(=O)OCc1ccccc1)c1cccc(C)c1. The molecular weight excluding hydrogens is 352 g/mol. The van der Waals surface area contributed by atoms with Gasteiger partial charge in [-0.25, -0.2) is 4.79 Å². The number of likely N-dealkylation sites (tertiary alicyclic amines) is 1. The molecule has 2 aromatic rings. The lowest BCUT2D eigenvalue weighted by molar-refractivity contribution is -0.127. The smallest absolute Gasteiger partial charge is 0.410 e. The molecule has 0 saturated carbocycles. The van der Waals surface area contributed by atoms with Crippen LogP contribution in [0.1, 0.15) is 37.8 Å². The van der Waals surface area contributed by atoms with Crippen LogP contribution in [0.15, 0.2) is 54.6 Å². The molecule has 0 radical (unpaired) electrons. The second-order valence-electron chi connectivity index (χ2n) is 7.46. The molecule has 5 nitrogen and oxygen atoms in total. The number of anilines is 1. The molecule has 0 aromatic heterocycles. The van der Waals surface area contributed by atoms with Crippen molar-refractivity contribution < 1.29 is 14.3 Å². The van der Waals surface area contributed by atoms with Gasteiger partial charge in [0.05, 0.1) is 0 Å². The number of rotatable bonds is 5. The monoisotopic (exact) mass is 380 g/mol. The van der Waals surface area contributed by atoms with Crippen LogP contribution in [-0.2, 0) is 16.1 Å². The first kappa shape index (κ1) is 19.9. The van der Waals surface area contributed by atoms with E-state index in [1.807, 2.05) is 75.4 Å². The molecule has 1 unspecified atom stereocenters. The maximum atomic E-state index is 13.5. The number of aryl methyl sites for hydroxylation is 1. The van der Waals surface area contributed by atoms with Gasteiger partial charge in [-0.15, -0.1) is 0 Å². The highest BCUT2D eigenvalue weighted by molar-refractivity contribution is 6.02. The molecule has 0 spiro atoms. The summed E-state index contributed by atoms with van der Waals surface area (Å²) in [6.45, 7) is 7.09. The van der Waals surface area contributed by atoms with Crippen molar-refractivity contribution in [2.45, 2.75) is 45.8 Å². The lowest BCUT2D eigenvalue weighted by Crippen LogP contribution is -2.56. The molecule has 2 amide bonds. The summed E-state index contributed by atoms with van der Waals surface area (Å²) in [5.41, 5.74) is 1.99. The molecule has 1 saturated heterocycles. The minimum Gasteiger partial charge on any atom is -0.445 e. The van der Waals surface area contributed by atoms with E-state index >= 15 is 0 Å². The van der Waals surface area contributed by atoms with Crippen LogP contribution in [0.4, 0.5) is 10.5 Å². The molecule has 1 atom stereocenters. The van der Waals surface area contributed by atoms with Gasteiger partial charge >= 0.3 is 6.09 Å². The average molecular weight is 380 g/mol. The van der Waals surface area contributed by atoms with Crippen LogP contribution in [0, 0.1) is 6.92 Å². The summed E-state index contributed by atoms with van der Waals surface area (Å²) in [6, 6.07) is 17.5. The van der Waals surface area contributed by atoms with Crippen molar-refractivity contribution in [3.63, 3.8) is 0 Å². The van der Waals surface area contributed by atoms with Gasteiger partial charge < -0.3 is 9.64 Å². The quantitative estimate of drug-likeness (QED) is 0.765. The molecule has 148 valence electrons. The van der Waals surface area contributed by atoms with Gasteiger partial charge in [-0.1, -0.05) is 42.5 Å². The highest BCUT2D eigenvalue weighted by atomic mass is 16.6. The predicted molar refractivity (Wildman–Crippen MR) is 110 cm³/mol. The molecule has 3 rings (SSSR count). The van der Waals surface area contributed by atoms with Crippen LogP contribution in [0.25, 0.3) is 0 Å². The molecule has 0 bridgehead atoms. The standard InChI is InChI=1S/C23H28N2O3/c1-4-24(20-13-8-10-18(2)16-20)21(26)23(3)14-9-15-25(23)22(27)28-17-19-11-6-5-7-12-19/h5-8,10-13,16H,4,9,14-15,17H2,1-3H3. The van der Waals surface area contributed by atoms with Crippen LogP contribution in [0.5, 0.6) is 0 Å². The van der Waals surface area contributed by atoms with E-state index in [0.717, 1.165) is 23.2 Å². The van der Waals surface area contributed by atoms with E-state index in [9.17, 15) is 9.59 Å². The van der Waals surface area contributed by atoms with E-state index in [1.165, 1.54) is 0 Å². The van der Waals surface area contributed by atoms with E-state index in [1.54, 1.807) is 9.80 Å². The Morgan fingerprint density at radius 2 is 1.89 bits per heavy atom. The van der Waals surface area contributed by atoms with Crippen LogP contribution < -0.4 is 4.90 Å². The number of benzene rings is 2. The maximum absolute atomic E-state index is 13.5. The van der Waals surface area contributed by atoms with E-state index in [0.29, 0.717) is 19.5 Å². The van der Waals surface area contributed by atoms with Crippen molar-refractivity contribution in [3.8, 4) is 0 Å². The van der Waals surface area contributed by atoms with Gasteiger partial charge in [0.15, 0.2) is 0 Å². The fourth-order valence-corrected chi connectivity index (χ4v) is 3.81. The molecule has 1 heterocycles. The number of carbonyl (C=O) groups excluding carboxylic acids is 2. The second-order valence-corrected chi connectivity index (χ2v) is 7.46. The highest BCUT2D eigenvalue weighted by Gasteiger charge is 2.48. The van der Waals surface area contributed by atoms with Crippen molar-refractivity contribution in [1.82, 2.24) is 4.90 Å². The van der Waals surface area contributed by atoms with Crippen LogP contribution >= 0.6 is 0 Å². The number of ether oxygens (including phenoxy) is 1. The topological polar surface area (TPSA) is 49.9 Å². The molecule has 2 aromatic carbocycles. The number of carbonyl (C=O) groups is 2. The zero-order chi connectivity index (χ0) is 20.1. The molecule has 5 heteroatoms. The van der Waals surface area contributed by atoms with Crippen LogP contribution in [-0.4, -0.2) is 35.5 Å². The van der Waals surface area contributed by atoms with Crippen molar-refractivity contribution in [2.75, 3.05) is 18.0 Å². The normalized spacial score (nSPS) is 18.8. The summed E-state index contributed by atoms with van der Waals surface area (Å²) in [5.74, 6) is -0.0604. The number of nitrogens with zero attached hydrogens (tertiary/aromatic N) is 2. The molecule has 1 aliphatic heterocycles. The van der Waals surface area contributed by atoms with E-state index in [2.05, 4.69) is 0 Å². The first-order chi connectivity index (χ1) is 13.5. The molecular formula is C23H28N2O3. The first-order valence-electron chi connectivity index (χ1n) is 9.82. The van der Waals surface area contributed by atoms with Gasteiger partial charge in [-0.3, -0.25) is 9.69 Å². The summed E-state index contributed by atoms with van der Waals surface area (Å²) < 4.78 is 5.51. The number of hydrogen-bond acceptors (Lipinski definition) is 3. The Morgan fingerprint density at radius 3 is 2.57 bits per heavy atom. The second kappa shape index (κ2) is 8.46. The van der Waals surface area contributed by atoms with Crippen molar-refractivity contribution >= 4 is 17.7 Å². The summed E-state index contributed by atoms with van der Waals surface area (Å²) in [7, 11) is 0. The summed E-state index contributed by atoms with van der Waals surface area (Å²) >= 11 is 0. The number of amides is 2. The van der Waals surface area contributed by atoms with Gasteiger partial charge in [0.2, 0.25) is 0 Å². The molecule has 0 N–H and O–H groups in total. The lowest BCUT2D eigenvalue weighted by Gasteiger charge is -2.37. The van der Waals surface area contributed by atoms with Gasteiger partial charge in [0.1, 0.15) is 12.1 Å². The van der Waals surface area contributed by atoms with Gasteiger partial charge in [0, 0.05) is 18.8 Å². The Morgan fingerprint density at radius 1 is 1.14 bits per heavy atom. The Bertz CT molecular complexity index is 837. The third-order valence-electron chi connectivity index (χ3n) is 5.40. The predicted octanol–water partition coefficient (Wildman–Crippen LogP) is 4.54. The summed E-state index contributed by atoms with van der Waals surface area (Å²) in [6.07, 6.45) is 0.986. The molecule has 0 aliphatic carbocycles. The summed E-state index contributed by atoms with van der Waals surface area (Å²) in [5, 5.41) is 0. The van der Waals surface area contributed by atoms with E-state index in [4.69, 9.17) is 4.74 Å². The lowest BCUT2D eigenvalue weighted by atomic mass is 9.96. The minimum atomic E-state index is -0.895. The maximum Gasteiger partial charge on any atom is 0.410 e. The Hall–Kier alpha value is -2.82. The van der Waals surface area contributed by atoms with Crippen molar-refractivity contribution in [1.29, 1.82) is 0 Å². The minimum absolute atomic E-state index is 0.0604. The number of likely N-dealkylation sites (N-methyl/N-ethyl adjacent to an activating group) is 1. The van der Waals surface area contributed by atoms with Crippen molar-refractivity contribution in [3.05, 3.63) is 65.7 Å². The largest absolute Gasteiger partial charge is 0.445 e. The fourth-order valence-electron chi connectivity index (χ4n) is 3.81. The van der Waals surface area contributed by atoms with Crippen molar-refractivity contribution in [2.24, 2.45) is 0 Å². The molecule has 28 heavy (non-hydrogen) atoms. The van der Waals surface area contributed by atoms with Gasteiger partial charge in [0.25, 0.3) is 5.91 Å². The zero-order valence-electron chi connectivity index (χ0n) is 16.9. The van der Waals surface area contributed by atoms with Crippen LogP contribution in [0.2, 0.25) is 0 Å². The average Bonchev–Trinajstić information content (AvgIpc) is 3.10. The third kappa shape index (κ3) is 4.03. The highest BCUT2D eigenvalue weighted by Crippen LogP contribution is 2.33. The molecule has 1 fully saturated rings. The first-order valence-corrected chi connectivity index (χ1v) is 9.82. The van der Waals surface area contributed by atoms with E-state index in [-0.39, 0.29) is 12.5 Å². The Balaban J connectivity index is 1.76. The third-order valence-corrected chi connectivity index (χ3v) is 5.40. The summed E-state index contributed by atoms with van der Waals surface area (Å²) in [4.78, 5) is 29.6. The molecule has 1 aliphatic rings. The fraction of sp³-hybridized carbons (Fsp3) is 0.391. The van der Waals surface area contributed by atoms with Gasteiger partial charge in [-0.2, -0.15) is 0 Å². The van der Waals surface area contributed by atoms with Crippen LogP contribution in [0.3, 0.4) is 0 Å².